The van der Waals surface area contributed by atoms with Crippen LogP contribution in [0, 0.1) is 26.6 Å². The Hall–Kier alpha value is -3.03. The highest BCUT2D eigenvalue weighted by molar-refractivity contribution is 9.10. The molecule has 7 heteroatoms. The molecule has 1 fully saturated rings. The van der Waals surface area contributed by atoms with Crippen LogP contribution in [-0.2, 0) is 0 Å². The quantitative estimate of drug-likeness (QED) is 0.289. The van der Waals surface area contributed by atoms with Gasteiger partial charge < -0.3 is 14.8 Å². The lowest BCUT2D eigenvalue weighted by atomic mass is 9.96. The molecule has 0 amide bonds. The van der Waals surface area contributed by atoms with Gasteiger partial charge in [-0.1, -0.05) is 18.2 Å². The van der Waals surface area contributed by atoms with E-state index in [1.165, 1.54) is 6.07 Å². The van der Waals surface area contributed by atoms with E-state index in [2.05, 4.69) is 61.7 Å². The Balaban J connectivity index is 1.70. The molecule has 0 saturated carbocycles. The summed E-state index contributed by atoms with van der Waals surface area (Å²) in [7, 11) is 0. The van der Waals surface area contributed by atoms with Gasteiger partial charge in [-0.25, -0.2) is 4.39 Å². The van der Waals surface area contributed by atoms with E-state index in [0.29, 0.717) is 10.7 Å². The van der Waals surface area contributed by atoms with Gasteiger partial charge in [-0.3, -0.25) is 4.98 Å². The van der Waals surface area contributed by atoms with E-state index in [1.807, 2.05) is 42.5 Å². The summed E-state index contributed by atoms with van der Waals surface area (Å²) in [6.45, 7) is 6.01. The molecule has 0 bridgehead atoms. The summed E-state index contributed by atoms with van der Waals surface area (Å²) in [5.41, 5.74) is 6.79. The molecule has 172 valence electrons. The van der Waals surface area contributed by atoms with Crippen molar-refractivity contribution in [2.75, 3.05) is 4.90 Å². The van der Waals surface area contributed by atoms with Crippen LogP contribution in [0.5, 0.6) is 0 Å². The normalized spacial score (nSPS) is 17.8. The first kappa shape index (κ1) is 22.7. The number of hydrogen-bond donors (Lipinski definition) is 1. The lowest BCUT2D eigenvalue weighted by Crippen LogP contribution is -2.29. The van der Waals surface area contributed by atoms with Crippen LogP contribution in [0.25, 0.3) is 5.69 Å². The molecule has 0 aliphatic carbocycles. The van der Waals surface area contributed by atoms with Crippen LogP contribution in [0.3, 0.4) is 0 Å². The minimum atomic E-state index is -0.230. The van der Waals surface area contributed by atoms with Crippen molar-refractivity contribution in [2.45, 2.75) is 32.9 Å². The van der Waals surface area contributed by atoms with E-state index < -0.39 is 0 Å². The Morgan fingerprint density at radius 1 is 1.00 bits per heavy atom. The molecule has 1 aliphatic heterocycles. The molecule has 2 atom stereocenters. The highest BCUT2D eigenvalue weighted by atomic mass is 79.9. The average Bonchev–Trinajstić information content (AvgIpc) is 3.32. The molecule has 1 aliphatic rings. The number of nitrogens with zero attached hydrogens (tertiary/aromatic N) is 3. The molecular formula is C27H24BrFN4S. The van der Waals surface area contributed by atoms with Crippen molar-refractivity contribution in [2.24, 2.45) is 0 Å². The predicted octanol–water partition coefficient (Wildman–Crippen LogP) is 6.88. The fourth-order valence-corrected chi connectivity index (χ4v) is 5.63. The van der Waals surface area contributed by atoms with Gasteiger partial charge in [-0.15, -0.1) is 0 Å². The highest BCUT2D eigenvalue weighted by Crippen LogP contribution is 2.44. The lowest BCUT2D eigenvalue weighted by molar-refractivity contribution is 0.564. The number of rotatable bonds is 4. The van der Waals surface area contributed by atoms with Crippen molar-refractivity contribution in [3.63, 3.8) is 0 Å². The van der Waals surface area contributed by atoms with E-state index in [-0.39, 0.29) is 17.9 Å². The van der Waals surface area contributed by atoms with Crippen LogP contribution < -0.4 is 10.2 Å². The number of hydrogen-bond acceptors (Lipinski definition) is 2. The standard InChI is InChI=1S/C27H24BrFN4S/c1-16-14-19(11-12-22(16)29)33-26(25(31-27(33)34)23-9-6-7-13-30-23)20-15-17(2)32(18(20)3)24-10-5-4-8-21(24)28/h4-15,25-26H,1-3H3,(H,31,34)/t25-,26+/m0/s1. The van der Waals surface area contributed by atoms with E-state index in [9.17, 15) is 4.39 Å². The van der Waals surface area contributed by atoms with E-state index in [0.717, 1.165) is 38.5 Å². The number of para-hydroxylation sites is 1. The molecule has 1 saturated heterocycles. The summed E-state index contributed by atoms with van der Waals surface area (Å²) in [6.07, 6.45) is 1.80. The molecule has 34 heavy (non-hydrogen) atoms. The molecule has 2 aromatic heterocycles. The largest absolute Gasteiger partial charge is 0.351 e. The number of aryl methyl sites for hydroxylation is 2. The highest BCUT2D eigenvalue weighted by Gasteiger charge is 2.42. The molecule has 0 spiro atoms. The molecule has 0 radical (unpaired) electrons. The van der Waals surface area contributed by atoms with Crippen LogP contribution in [0.4, 0.5) is 10.1 Å². The van der Waals surface area contributed by atoms with Gasteiger partial charge in [0.05, 0.1) is 23.5 Å². The van der Waals surface area contributed by atoms with Crippen molar-refractivity contribution >= 4 is 38.9 Å². The van der Waals surface area contributed by atoms with Gasteiger partial charge in [-0.2, -0.15) is 0 Å². The third-order valence-electron chi connectivity index (χ3n) is 6.40. The first-order valence-electron chi connectivity index (χ1n) is 11.1. The number of halogens is 2. The Labute approximate surface area is 212 Å². The van der Waals surface area contributed by atoms with E-state index in [1.54, 1.807) is 19.2 Å². The maximum Gasteiger partial charge on any atom is 0.174 e. The van der Waals surface area contributed by atoms with Crippen LogP contribution in [0.15, 0.2) is 77.4 Å². The maximum absolute atomic E-state index is 14.1. The lowest BCUT2D eigenvalue weighted by Gasteiger charge is -2.28. The molecule has 0 unspecified atom stereocenters. The van der Waals surface area contributed by atoms with E-state index in [4.69, 9.17) is 12.2 Å². The van der Waals surface area contributed by atoms with Crippen molar-refractivity contribution in [1.82, 2.24) is 14.9 Å². The van der Waals surface area contributed by atoms with Gasteiger partial charge in [-0.05, 0) is 109 Å². The number of thiocarbonyl (C=S) groups is 1. The molecule has 1 N–H and O–H groups in total. The fourth-order valence-electron chi connectivity index (χ4n) is 4.82. The van der Waals surface area contributed by atoms with Crippen molar-refractivity contribution in [3.8, 4) is 5.69 Å². The third kappa shape index (κ3) is 3.83. The van der Waals surface area contributed by atoms with Crippen molar-refractivity contribution < 1.29 is 4.39 Å². The average molecular weight is 535 g/mol. The summed E-state index contributed by atoms with van der Waals surface area (Å²) in [6, 6.07) is 21.1. The summed E-state index contributed by atoms with van der Waals surface area (Å²) in [4.78, 5) is 6.73. The number of benzene rings is 2. The second-order valence-electron chi connectivity index (χ2n) is 8.54. The summed E-state index contributed by atoms with van der Waals surface area (Å²) < 4.78 is 17.4. The van der Waals surface area contributed by atoms with Gasteiger partial charge in [0.25, 0.3) is 0 Å². The third-order valence-corrected chi connectivity index (χ3v) is 7.39. The first-order valence-corrected chi connectivity index (χ1v) is 12.3. The number of aromatic nitrogens is 2. The van der Waals surface area contributed by atoms with Crippen molar-refractivity contribution in [3.05, 3.63) is 111 Å². The minimum absolute atomic E-state index is 0.158. The molecule has 5 rings (SSSR count). The smallest absolute Gasteiger partial charge is 0.174 e. The van der Waals surface area contributed by atoms with Crippen molar-refractivity contribution in [1.29, 1.82) is 0 Å². The van der Waals surface area contributed by atoms with Gasteiger partial charge in [0.2, 0.25) is 0 Å². The number of pyridine rings is 1. The molecule has 2 aromatic carbocycles. The Morgan fingerprint density at radius 3 is 2.47 bits per heavy atom. The second kappa shape index (κ2) is 8.96. The zero-order chi connectivity index (χ0) is 24.0. The summed E-state index contributed by atoms with van der Waals surface area (Å²) in [5, 5.41) is 4.09. The van der Waals surface area contributed by atoms with E-state index >= 15 is 0 Å². The van der Waals surface area contributed by atoms with Crippen LogP contribution >= 0.6 is 28.1 Å². The van der Waals surface area contributed by atoms with Gasteiger partial charge in [0.1, 0.15) is 5.82 Å². The topological polar surface area (TPSA) is 33.1 Å². The molecule has 4 aromatic rings. The second-order valence-corrected chi connectivity index (χ2v) is 9.78. The predicted molar refractivity (Wildman–Crippen MR) is 142 cm³/mol. The fraction of sp³-hybridized carbons (Fsp3) is 0.185. The monoisotopic (exact) mass is 534 g/mol. The Kier molecular flexibility index (Phi) is 6.00. The SMILES string of the molecule is Cc1cc(N2C(=S)N[C@@H](c3ccccn3)[C@H]2c2cc(C)n(-c3ccccc3Br)c2C)ccc1F. The minimum Gasteiger partial charge on any atom is -0.351 e. The first-order chi connectivity index (χ1) is 16.4. The maximum atomic E-state index is 14.1. The van der Waals surface area contributed by atoms with Gasteiger partial charge in [0, 0.05) is 27.7 Å². The number of nitrogens with one attached hydrogen (secondary N) is 1. The Bertz CT molecular complexity index is 1380. The molecule has 3 heterocycles. The zero-order valence-electron chi connectivity index (χ0n) is 19.1. The van der Waals surface area contributed by atoms with Gasteiger partial charge in [0.15, 0.2) is 5.11 Å². The van der Waals surface area contributed by atoms with Crippen LogP contribution in [0.2, 0.25) is 0 Å². The van der Waals surface area contributed by atoms with Crippen LogP contribution in [0.1, 0.15) is 40.3 Å². The molecular weight excluding hydrogens is 511 g/mol. The Morgan fingerprint density at radius 2 is 1.76 bits per heavy atom. The zero-order valence-corrected chi connectivity index (χ0v) is 21.5. The number of anilines is 1. The van der Waals surface area contributed by atoms with Gasteiger partial charge >= 0.3 is 0 Å². The summed E-state index contributed by atoms with van der Waals surface area (Å²) in [5.74, 6) is -0.230. The molecule has 4 nitrogen and oxygen atoms in total. The summed E-state index contributed by atoms with van der Waals surface area (Å²) >= 11 is 9.53. The van der Waals surface area contributed by atoms with Crippen LogP contribution in [-0.4, -0.2) is 14.7 Å².